The summed E-state index contributed by atoms with van der Waals surface area (Å²) in [5.74, 6) is 0.518. The zero-order valence-corrected chi connectivity index (χ0v) is 14.3. The smallest absolute Gasteiger partial charge is 0.328 e. The Hall–Kier alpha value is -3.17. The van der Waals surface area contributed by atoms with Crippen LogP contribution in [0.4, 0.5) is 0 Å². The first-order valence-electron chi connectivity index (χ1n) is 8.16. The van der Waals surface area contributed by atoms with Crippen molar-refractivity contribution < 1.29 is 14.3 Å². The largest absolute Gasteiger partial charge is 0.477 e. The number of hydrogen-bond donors (Lipinski definition) is 1. The third kappa shape index (κ3) is 4.08. The first kappa shape index (κ1) is 17.6. The van der Waals surface area contributed by atoms with Gasteiger partial charge in [-0.25, -0.2) is 14.8 Å². The van der Waals surface area contributed by atoms with Gasteiger partial charge in [-0.2, -0.15) is 0 Å². The number of likely N-dealkylation sites (tertiary alicyclic amines) is 1. The molecule has 2 aromatic rings. The Kier molecular flexibility index (Phi) is 5.30. The lowest BCUT2D eigenvalue weighted by Gasteiger charge is -2.17. The Morgan fingerprint density at radius 3 is 2.81 bits per heavy atom. The van der Waals surface area contributed by atoms with E-state index in [0.29, 0.717) is 31.3 Å². The summed E-state index contributed by atoms with van der Waals surface area (Å²) in [6, 6.07) is 1.25. The van der Waals surface area contributed by atoms with Crippen LogP contribution in [0.5, 0.6) is 11.8 Å². The maximum Gasteiger partial charge on any atom is 0.328 e. The van der Waals surface area contributed by atoms with Gasteiger partial charge in [0.2, 0.25) is 5.91 Å². The van der Waals surface area contributed by atoms with Crippen molar-refractivity contribution >= 4 is 5.91 Å². The number of nitrogens with one attached hydrogen (secondary N) is 1. The van der Waals surface area contributed by atoms with Gasteiger partial charge in [-0.15, -0.1) is 0 Å². The van der Waals surface area contributed by atoms with Crippen molar-refractivity contribution in [1.82, 2.24) is 24.4 Å². The van der Waals surface area contributed by atoms with Crippen molar-refractivity contribution in [2.24, 2.45) is 0 Å². The molecule has 0 saturated carbocycles. The van der Waals surface area contributed by atoms with E-state index in [1.54, 1.807) is 4.90 Å². The number of H-pyrrole nitrogens is 1. The average Bonchev–Trinajstić information content (AvgIpc) is 3.10. The molecule has 2 aromatic heterocycles. The van der Waals surface area contributed by atoms with E-state index < -0.39 is 11.2 Å². The lowest BCUT2D eigenvalue weighted by molar-refractivity contribution is -0.130. The normalized spacial score (nSPS) is 16.5. The second kappa shape index (κ2) is 7.81. The third-order valence-corrected chi connectivity index (χ3v) is 4.07. The van der Waals surface area contributed by atoms with E-state index in [2.05, 4.69) is 15.0 Å². The zero-order chi connectivity index (χ0) is 18.5. The van der Waals surface area contributed by atoms with E-state index in [-0.39, 0.29) is 25.0 Å². The average molecular weight is 361 g/mol. The number of hydrogen-bond acceptors (Lipinski definition) is 7. The Balaban J connectivity index is 1.54. The van der Waals surface area contributed by atoms with Crippen LogP contribution in [0.1, 0.15) is 12.8 Å². The topological polar surface area (TPSA) is 119 Å². The highest BCUT2D eigenvalue weighted by atomic mass is 16.5. The number of aromatic amines is 1. The maximum atomic E-state index is 12.3. The van der Waals surface area contributed by atoms with Gasteiger partial charge in [0, 0.05) is 50.6 Å². The predicted molar refractivity (Wildman–Crippen MR) is 90.1 cm³/mol. The van der Waals surface area contributed by atoms with Crippen LogP contribution < -0.4 is 20.7 Å². The standard InChI is InChI=1S/C16H19N5O5/c1-25-14-15(18-6-5-17-14)26-11-2-7-21(10-11)13(23)4-9-20-8-3-12(22)19-16(20)24/h3,5-6,8,11H,2,4,7,9-10H2,1H3,(H,19,22,24). The van der Waals surface area contributed by atoms with Crippen LogP contribution in [0.3, 0.4) is 0 Å². The second-order valence-electron chi connectivity index (χ2n) is 5.79. The molecular weight excluding hydrogens is 342 g/mol. The zero-order valence-electron chi connectivity index (χ0n) is 14.3. The Labute approximate surface area is 148 Å². The number of aryl methyl sites for hydroxylation is 1. The van der Waals surface area contributed by atoms with Gasteiger partial charge in [-0.1, -0.05) is 0 Å². The van der Waals surface area contributed by atoms with Gasteiger partial charge in [-0.05, 0) is 0 Å². The first-order valence-corrected chi connectivity index (χ1v) is 8.16. The van der Waals surface area contributed by atoms with E-state index in [1.807, 2.05) is 0 Å². The minimum Gasteiger partial charge on any atom is -0.477 e. The molecule has 1 atom stereocenters. The summed E-state index contributed by atoms with van der Waals surface area (Å²) in [7, 11) is 1.49. The number of amides is 1. The first-order chi connectivity index (χ1) is 12.6. The molecule has 1 amide bonds. The number of ether oxygens (including phenoxy) is 2. The lowest BCUT2D eigenvalue weighted by Crippen LogP contribution is -2.34. The number of rotatable bonds is 6. The van der Waals surface area contributed by atoms with E-state index in [0.717, 1.165) is 0 Å². The van der Waals surface area contributed by atoms with Crippen molar-refractivity contribution in [2.45, 2.75) is 25.5 Å². The number of carbonyl (C=O) groups excluding carboxylic acids is 1. The van der Waals surface area contributed by atoms with E-state index in [9.17, 15) is 14.4 Å². The molecule has 0 spiro atoms. The minimum atomic E-state index is -0.525. The third-order valence-electron chi connectivity index (χ3n) is 4.07. The van der Waals surface area contributed by atoms with E-state index >= 15 is 0 Å². The summed E-state index contributed by atoms with van der Waals surface area (Å²) in [5.41, 5.74) is -0.987. The summed E-state index contributed by atoms with van der Waals surface area (Å²) in [4.78, 5) is 47.0. The van der Waals surface area contributed by atoms with Gasteiger partial charge in [0.1, 0.15) is 6.10 Å². The van der Waals surface area contributed by atoms with Crippen molar-refractivity contribution in [3.8, 4) is 11.8 Å². The van der Waals surface area contributed by atoms with Gasteiger partial charge in [0.05, 0.1) is 13.7 Å². The fourth-order valence-electron chi connectivity index (χ4n) is 2.74. The molecule has 3 heterocycles. The summed E-state index contributed by atoms with van der Waals surface area (Å²) in [6.07, 6.45) is 5.04. The highest BCUT2D eigenvalue weighted by Crippen LogP contribution is 2.24. The van der Waals surface area contributed by atoms with Gasteiger partial charge in [0.15, 0.2) is 0 Å². The molecule has 10 nitrogen and oxygen atoms in total. The molecule has 26 heavy (non-hydrogen) atoms. The molecule has 1 N–H and O–H groups in total. The van der Waals surface area contributed by atoms with Crippen molar-refractivity contribution in [1.29, 1.82) is 0 Å². The number of aromatic nitrogens is 4. The highest BCUT2D eigenvalue weighted by Gasteiger charge is 2.28. The molecule has 10 heteroatoms. The van der Waals surface area contributed by atoms with E-state index in [4.69, 9.17) is 9.47 Å². The molecule has 1 fully saturated rings. The minimum absolute atomic E-state index is 0.0830. The molecular formula is C16H19N5O5. The summed E-state index contributed by atoms with van der Waals surface area (Å²) in [6.45, 7) is 1.19. The van der Waals surface area contributed by atoms with Crippen LogP contribution in [-0.2, 0) is 11.3 Å². The number of carbonyl (C=O) groups is 1. The summed E-state index contributed by atoms with van der Waals surface area (Å²) < 4.78 is 12.2. The van der Waals surface area contributed by atoms with Gasteiger partial charge in [0.25, 0.3) is 17.3 Å². The SMILES string of the molecule is COc1nccnc1OC1CCN(C(=O)CCn2ccc(=O)[nH]c2=O)C1. The second-order valence-corrected chi connectivity index (χ2v) is 5.79. The monoisotopic (exact) mass is 361 g/mol. The van der Waals surface area contributed by atoms with Crippen molar-refractivity contribution in [3.63, 3.8) is 0 Å². The van der Waals surface area contributed by atoms with Crippen LogP contribution in [0.15, 0.2) is 34.2 Å². The van der Waals surface area contributed by atoms with Crippen molar-refractivity contribution in [2.75, 3.05) is 20.2 Å². The quantitative estimate of drug-likeness (QED) is 0.730. The van der Waals surface area contributed by atoms with Crippen LogP contribution in [0.2, 0.25) is 0 Å². The lowest BCUT2D eigenvalue weighted by atomic mass is 10.3. The van der Waals surface area contributed by atoms with E-state index in [1.165, 1.54) is 36.3 Å². The fraction of sp³-hybridized carbons (Fsp3) is 0.438. The van der Waals surface area contributed by atoms with Crippen molar-refractivity contribution in [3.05, 3.63) is 45.5 Å². The molecule has 1 saturated heterocycles. The van der Waals surface area contributed by atoms with Gasteiger partial charge in [-0.3, -0.25) is 14.6 Å². The van der Waals surface area contributed by atoms with Crippen LogP contribution in [-0.4, -0.2) is 56.6 Å². The predicted octanol–water partition coefficient (Wildman–Crippen LogP) is -0.595. The van der Waals surface area contributed by atoms with Crippen LogP contribution in [0, 0.1) is 0 Å². The number of methoxy groups -OCH3 is 1. The molecule has 0 aromatic carbocycles. The molecule has 0 bridgehead atoms. The molecule has 1 aliphatic rings. The molecule has 3 rings (SSSR count). The fourth-order valence-corrected chi connectivity index (χ4v) is 2.74. The molecule has 0 aliphatic carbocycles. The number of nitrogens with zero attached hydrogens (tertiary/aromatic N) is 4. The Morgan fingerprint density at radius 2 is 2.08 bits per heavy atom. The molecule has 1 unspecified atom stereocenters. The summed E-state index contributed by atoms with van der Waals surface area (Å²) >= 11 is 0. The molecule has 1 aliphatic heterocycles. The molecule has 0 radical (unpaired) electrons. The highest BCUT2D eigenvalue weighted by molar-refractivity contribution is 5.76. The summed E-state index contributed by atoms with van der Waals surface area (Å²) in [5, 5.41) is 0. The Morgan fingerprint density at radius 1 is 1.31 bits per heavy atom. The van der Waals surface area contributed by atoms with Gasteiger partial charge < -0.3 is 18.9 Å². The van der Waals surface area contributed by atoms with Crippen LogP contribution >= 0.6 is 0 Å². The maximum absolute atomic E-state index is 12.3. The van der Waals surface area contributed by atoms with Crippen LogP contribution in [0.25, 0.3) is 0 Å². The molecule has 138 valence electrons. The Bertz CT molecular complexity index is 893. The van der Waals surface area contributed by atoms with Gasteiger partial charge >= 0.3 is 5.69 Å².